The van der Waals surface area contributed by atoms with E-state index in [0.29, 0.717) is 6.54 Å². The third kappa shape index (κ3) is 2.81. The zero-order valence-electron chi connectivity index (χ0n) is 8.57. The molecule has 1 atom stereocenters. The normalized spacial score (nSPS) is 12.8. The summed E-state index contributed by atoms with van der Waals surface area (Å²) in [6.07, 6.45) is 1.77. The lowest BCUT2D eigenvalue weighted by atomic mass is 10.2. The highest BCUT2D eigenvalue weighted by molar-refractivity contribution is 5.82. The zero-order chi connectivity index (χ0) is 10.6. The van der Waals surface area contributed by atoms with Gasteiger partial charge in [0.25, 0.3) is 0 Å². The molecule has 3 N–H and O–H groups in total. The van der Waals surface area contributed by atoms with Gasteiger partial charge in [0.1, 0.15) is 5.84 Å². The molecule has 0 aromatic carbocycles. The summed E-state index contributed by atoms with van der Waals surface area (Å²) < 4.78 is 0. The van der Waals surface area contributed by atoms with E-state index >= 15 is 0 Å². The smallest absolute Gasteiger partial charge is 0.108 e. The fourth-order valence-corrected chi connectivity index (χ4v) is 1.12. The Balaban J connectivity index is 2.57. The first-order valence-electron chi connectivity index (χ1n) is 4.55. The van der Waals surface area contributed by atoms with E-state index in [-0.39, 0.29) is 11.9 Å². The van der Waals surface area contributed by atoms with Crippen molar-refractivity contribution in [3.63, 3.8) is 0 Å². The van der Waals surface area contributed by atoms with Crippen LogP contribution >= 0.6 is 0 Å². The predicted octanol–water partition coefficient (Wildman–Crippen LogP) is 0.838. The van der Waals surface area contributed by atoms with Crippen LogP contribution < -0.4 is 5.73 Å². The predicted molar refractivity (Wildman–Crippen MR) is 57.1 cm³/mol. The fraction of sp³-hybridized carbons (Fsp3) is 0.400. The zero-order valence-corrected chi connectivity index (χ0v) is 8.57. The fourth-order valence-electron chi connectivity index (χ4n) is 1.12. The van der Waals surface area contributed by atoms with Gasteiger partial charge in [-0.25, -0.2) is 0 Å². The molecule has 1 unspecified atom stereocenters. The van der Waals surface area contributed by atoms with Gasteiger partial charge in [0.05, 0.1) is 11.7 Å². The largest absolute Gasteiger partial charge is 0.386 e. The molecule has 4 heteroatoms. The monoisotopic (exact) mass is 192 g/mol. The molecule has 0 radical (unpaired) electrons. The Morgan fingerprint density at radius 1 is 1.64 bits per heavy atom. The van der Waals surface area contributed by atoms with Crippen LogP contribution in [-0.4, -0.2) is 28.8 Å². The SMILES string of the molecule is CC(C(=N)N)N(C)Cc1ccccn1. The lowest BCUT2D eigenvalue weighted by molar-refractivity contribution is 0.298. The van der Waals surface area contributed by atoms with Crippen molar-refractivity contribution in [3.8, 4) is 0 Å². The molecule has 14 heavy (non-hydrogen) atoms. The average molecular weight is 192 g/mol. The maximum atomic E-state index is 7.31. The van der Waals surface area contributed by atoms with E-state index in [9.17, 15) is 0 Å². The maximum absolute atomic E-state index is 7.31. The molecule has 0 aliphatic heterocycles. The molecular formula is C10H16N4. The number of nitrogens with one attached hydrogen (secondary N) is 1. The van der Waals surface area contributed by atoms with Crippen molar-refractivity contribution in [2.75, 3.05) is 7.05 Å². The van der Waals surface area contributed by atoms with Gasteiger partial charge in [0, 0.05) is 12.7 Å². The van der Waals surface area contributed by atoms with Gasteiger partial charge in [0.2, 0.25) is 0 Å². The Bertz CT molecular complexity index is 296. The summed E-state index contributed by atoms with van der Waals surface area (Å²) in [6, 6.07) is 5.76. The summed E-state index contributed by atoms with van der Waals surface area (Å²) in [5.41, 5.74) is 6.40. The van der Waals surface area contributed by atoms with Crippen molar-refractivity contribution >= 4 is 5.84 Å². The van der Waals surface area contributed by atoms with Gasteiger partial charge < -0.3 is 5.73 Å². The first kappa shape index (κ1) is 10.7. The number of likely N-dealkylation sites (N-methyl/N-ethyl adjacent to an activating group) is 1. The number of hydrogen-bond donors (Lipinski definition) is 2. The number of pyridine rings is 1. The molecule has 0 amide bonds. The number of rotatable bonds is 4. The molecule has 1 aromatic rings. The van der Waals surface area contributed by atoms with Crippen LogP contribution in [0, 0.1) is 5.41 Å². The van der Waals surface area contributed by atoms with Crippen molar-refractivity contribution in [2.24, 2.45) is 5.73 Å². The van der Waals surface area contributed by atoms with Gasteiger partial charge in [0.15, 0.2) is 0 Å². The third-order valence-electron chi connectivity index (χ3n) is 2.25. The van der Waals surface area contributed by atoms with E-state index < -0.39 is 0 Å². The van der Waals surface area contributed by atoms with Gasteiger partial charge in [-0.15, -0.1) is 0 Å². The van der Waals surface area contributed by atoms with Gasteiger partial charge in [-0.05, 0) is 26.1 Å². The van der Waals surface area contributed by atoms with Crippen LogP contribution in [0.25, 0.3) is 0 Å². The molecule has 0 spiro atoms. The van der Waals surface area contributed by atoms with Crippen LogP contribution in [0.15, 0.2) is 24.4 Å². The molecule has 4 nitrogen and oxygen atoms in total. The Kier molecular flexibility index (Phi) is 3.59. The highest BCUT2D eigenvalue weighted by Gasteiger charge is 2.11. The van der Waals surface area contributed by atoms with Crippen LogP contribution in [0.2, 0.25) is 0 Å². The van der Waals surface area contributed by atoms with Crippen LogP contribution in [-0.2, 0) is 6.54 Å². The number of amidine groups is 1. The molecule has 76 valence electrons. The highest BCUT2D eigenvalue weighted by atomic mass is 15.1. The third-order valence-corrected chi connectivity index (χ3v) is 2.25. The van der Waals surface area contributed by atoms with Crippen LogP contribution in [0.3, 0.4) is 0 Å². The van der Waals surface area contributed by atoms with Gasteiger partial charge in [-0.3, -0.25) is 15.3 Å². The minimum Gasteiger partial charge on any atom is -0.386 e. The second kappa shape index (κ2) is 4.72. The topological polar surface area (TPSA) is 66.0 Å². The Morgan fingerprint density at radius 2 is 2.36 bits per heavy atom. The number of hydrogen-bond acceptors (Lipinski definition) is 3. The van der Waals surface area contributed by atoms with Crippen molar-refractivity contribution in [1.29, 1.82) is 5.41 Å². The quantitative estimate of drug-likeness (QED) is 0.548. The number of nitrogens with zero attached hydrogens (tertiary/aromatic N) is 2. The van der Waals surface area contributed by atoms with E-state index in [0.717, 1.165) is 5.69 Å². The van der Waals surface area contributed by atoms with Crippen molar-refractivity contribution < 1.29 is 0 Å². The second-order valence-corrected chi connectivity index (χ2v) is 3.37. The molecule has 0 fully saturated rings. The summed E-state index contributed by atoms with van der Waals surface area (Å²) in [4.78, 5) is 6.20. The number of nitrogens with two attached hydrogens (primary N) is 1. The van der Waals surface area contributed by atoms with Crippen LogP contribution in [0.1, 0.15) is 12.6 Å². The summed E-state index contributed by atoms with van der Waals surface area (Å²) in [6.45, 7) is 2.62. The summed E-state index contributed by atoms with van der Waals surface area (Å²) in [5.74, 6) is 0.184. The minimum absolute atomic E-state index is 0.0444. The summed E-state index contributed by atoms with van der Waals surface area (Å²) in [7, 11) is 1.93. The molecule has 0 bridgehead atoms. The minimum atomic E-state index is -0.0444. The van der Waals surface area contributed by atoms with Crippen LogP contribution in [0.4, 0.5) is 0 Å². The maximum Gasteiger partial charge on any atom is 0.108 e. The molecule has 1 aromatic heterocycles. The average Bonchev–Trinajstić information content (AvgIpc) is 2.18. The summed E-state index contributed by atoms with van der Waals surface area (Å²) in [5, 5.41) is 7.31. The number of aromatic nitrogens is 1. The second-order valence-electron chi connectivity index (χ2n) is 3.37. The van der Waals surface area contributed by atoms with E-state index in [2.05, 4.69) is 4.98 Å². The van der Waals surface area contributed by atoms with Crippen molar-refractivity contribution in [2.45, 2.75) is 19.5 Å². The van der Waals surface area contributed by atoms with Crippen LogP contribution in [0.5, 0.6) is 0 Å². The molecular weight excluding hydrogens is 176 g/mol. The molecule has 1 heterocycles. The molecule has 1 rings (SSSR count). The molecule has 0 saturated heterocycles. The lowest BCUT2D eigenvalue weighted by Crippen LogP contribution is -2.39. The van der Waals surface area contributed by atoms with Gasteiger partial charge in [-0.2, -0.15) is 0 Å². The van der Waals surface area contributed by atoms with E-state index in [1.165, 1.54) is 0 Å². The lowest BCUT2D eigenvalue weighted by Gasteiger charge is -2.22. The van der Waals surface area contributed by atoms with Crippen molar-refractivity contribution in [1.82, 2.24) is 9.88 Å². The Hall–Kier alpha value is -1.42. The van der Waals surface area contributed by atoms with E-state index in [4.69, 9.17) is 11.1 Å². The Labute approximate surface area is 84.3 Å². The molecule has 0 aliphatic rings. The highest BCUT2D eigenvalue weighted by Crippen LogP contribution is 2.02. The molecule has 0 aliphatic carbocycles. The Morgan fingerprint density at radius 3 is 2.86 bits per heavy atom. The molecule has 0 saturated carbocycles. The van der Waals surface area contributed by atoms with E-state index in [1.54, 1.807) is 6.20 Å². The standard InChI is InChI=1S/C10H16N4/c1-8(10(11)12)14(2)7-9-5-3-4-6-13-9/h3-6,8H,7H2,1-2H3,(H3,11,12). The van der Waals surface area contributed by atoms with Crippen molar-refractivity contribution in [3.05, 3.63) is 30.1 Å². The van der Waals surface area contributed by atoms with E-state index in [1.807, 2.05) is 37.1 Å². The van der Waals surface area contributed by atoms with Gasteiger partial charge in [-0.1, -0.05) is 6.07 Å². The summed E-state index contributed by atoms with van der Waals surface area (Å²) >= 11 is 0. The first-order chi connectivity index (χ1) is 6.61. The van der Waals surface area contributed by atoms with Gasteiger partial charge >= 0.3 is 0 Å². The first-order valence-corrected chi connectivity index (χ1v) is 4.55.